The van der Waals surface area contributed by atoms with Crippen molar-refractivity contribution < 1.29 is 9.84 Å². The summed E-state index contributed by atoms with van der Waals surface area (Å²) < 4.78 is 5.91. The van der Waals surface area contributed by atoms with Crippen LogP contribution in [0.1, 0.15) is 49.3 Å². The summed E-state index contributed by atoms with van der Waals surface area (Å²) >= 11 is 0. The second-order valence-corrected chi connectivity index (χ2v) is 6.98. The van der Waals surface area contributed by atoms with Crippen LogP contribution in [0.4, 0.5) is 0 Å². The summed E-state index contributed by atoms with van der Waals surface area (Å²) in [5.74, 6) is 2.58. The fourth-order valence-electron chi connectivity index (χ4n) is 4.84. The van der Waals surface area contributed by atoms with E-state index < -0.39 is 0 Å². The zero-order chi connectivity index (χ0) is 13.5. The van der Waals surface area contributed by atoms with Crippen molar-refractivity contribution in [3.63, 3.8) is 0 Å². The van der Waals surface area contributed by atoms with Gasteiger partial charge in [0.1, 0.15) is 6.10 Å². The molecule has 0 radical (unpaired) electrons. The van der Waals surface area contributed by atoms with Crippen LogP contribution < -0.4 is 0 Å². The standard InChI is InChI=1S/C18H24O2/c19-17(11-15-10-12-5-6-14(15)9-12)18-16-4-2-1-3-13(16)7-8-20-18/h1-4,12,14-15,17-19H,5-11H2. The van der Waals surface area contributed by atoms with Crippen molar-refractivity contribution in [2.24, 2.45) is 17.8 Å². The SMILES string of the molecule is OC(CC1CC2CCC1C2)C1OCCc2ccccc21. The van der Waals surface area contributed by atoms with Gasteiger partial charge < -0.3 is 9.84 Å². The van der Waals surface area contributed by atoms with Gasteiger partial charge in [-0.15, -0.1) is 0 Å². The van der Waals surface area contributed by atoms with Gasteiger partial charge in [0.05, 0.1) is 12.7 Å². The second kappa shape index (κ2) is 5.16. The number of fused-ring (bicyclic) bond motifs is 3. The fraction of sp³-hybridized carbons (Fsp3) is 0.667. The summed E-state index contributed by atoms with van der Waals surface area (Å²) in [6.07, 6.45) is 7.06. The summed E-state index contributed by atoms with van der Waals surface area (Å²) in [5, 5.41) is 10.7. The van der Waals surface area contributed by atoms with Crippen molar-refractivity contribution in [3.8, 4) is 0 Å². The van der Waals surface area contributed by atoms with E-state index in [9.17, 15) is 5.11 Å². The minimum Gasteiger partial charge on any atom is -0.390 e. The van der Waals surface area contributed by atoms with E-state index >= 15 is 0 Å². The molecule has 2 aliphatic carbocycles. The van der Waals surface area contributed by atoms with E-state index in [0.717, 1.165) is 37.2 Å². The molecule has 5 atom stereocenters. The highest BCUT2D eigenvalue weighted by Crippen LogP contribution is 2.50. The van der Waals surface area contributed by atoms with Crippen LogP contribution in [0.25, 0.3) is 0 Å². The van der Waals surface area contributed by atoms with Gasteiger partial charge in [-0.25, -0.2) is 0 Å². The summed E-state index contributed by atoms with van der Waals surface area (Å²) in [6.45, 7) is 0.745. The van der Waals surface area contributed by atoms with Gasteiger partial charge >= 0.3 is 0 Å². The molecule has 2 saturated carbocycles. The number of rotatable bonds is 3. The van der Waals surface area contributed by atoms with Gasteiger partial charge in [-0.2, -0.15) is 0 Å². The van der Waals surface area contributed by atoms with Crippen molar-refractivity contribution in [2.45, 2.75) is 50.7 Å². The number of aliphatic hydroxyl groups excluding tert-OH is 1. The van der Waals surface area contributed by atoms with Crippen molar-refractivity contribution in [1.29, 1.82) is 0 Å². The first-order valence-electron chi connectivity index (χ1n) is 8.18. The van der Waals surface area contributed by atoms with E-state index in [1.807, 2.05) is 0 Å². The molecule has 4 rings (SSSR count). The van der Waals surface area contributed by atoms with Gasteiger partial charge in [0, 0.05) is 0 Å². The number of aliphatic hydroxyl groups is 1. The first-order valence-corrected chi connectivity index (χ1v) is 8.18. The average Bonchev–Trinajstić information content (AvgIpc) is 3.09. The van der Waals surface area contributed by atoms with E-state index in [4.69, 9.17) is 4.74 Å². The molecule has 2 fully saturated rings. The van der Waals surface area contributed by atoms with Crippen molar-refractivity contribution >= 4 is 0 Å². The van der Waals surface area contributed by atoms with Gasteiger partial charge in [-0.05, 0) is 61.0 Å². The Kier molecular flexibility index (Phi) is 3.31. The molecular formula is C18H24O2. The molecule has 1 N–H and O–H groups in total. The molecule has 5 unspecified atom stereocenters. The molecule has 20 heavy (non-hydrogen) atoms. The van der Waals surface area contributed by atoms with Gasteiger partial charge in [0.15, 0.2) is 0 Å². The molecule has 2 heteroatoms. The predicted octanol–water partition coefficient (Wildman–Crippen LogP) is 3.49. The third-order valence-corrected chi connectivity index (χ3v) is 5.81. The maximum absolute atomic E-state index is 10.7. The van der Waals surface area contributed by atoms with Crippen LogP contribution in [0.3, 0.4) is 0 Å². The molecule has 3 aliphatic rings. The third-order valence-electron chi connectivity index (χ3n) is 5.81. The van der Waals surface area contributed by atoms with Crippen molar-refractivity contribution in [3.05, 3.63) is 35.4 Å². The van der Waals surface area contributed by atoms with Crippen LogP contribution in [0.15, 0.2) is 24.3 Å². The highest BCUT2D eigenvalue weighted by molar-refractivity contribution is 5.31. The topological polar surface area (TPSA) is 29.5 Å². The Bertz CT molecular complexity index is 484. The Morgan fingerprint density at radius 1 is 1.20 bits per heavy atom. The maximum atomic E-state index is 10.7. The van der Waals surface area contributed by atoms with Gasteiger partial charge in [-0.3, -0.25) is 0 Å². The minimum absolute atomic E-state index is 0.0981. The second-order valence-electron chi connectivity index (χ2n) is 6.98. The molecule has 1 heterocycles. The Morgan fingerprint density at radius 2 is 2.10 bits per heavy atom. The molecule has 0 amide bonds. The zero-order valence-corrected chi connectivity index (χ0v) is 12.0. The lowest BCUT2D eigenvalue weighted by Crippen LogP contribution is -2.30. The van der Waals surface area contributed by atoms with Crippen LogP contribution in [-0.2, 0) is 11.2 Å². The van der Waals surface area contributed by atoms with E-state index in [1.165, 1.54) is 36.8 Å². The minimum atomic E-state index is -0.333. The fourth-order valence-corrected chi connectivity index (χ4v) is 4.84. The maximum Gasteiger partial charge on any atom is 0.109 e. The van der Waals surface area contributed by atoms with Gasteiger partial charge in [0.25, 0.3) is 0 Å². The van der Waals surface area contributed by atoms with Gasteiger partial charge in [0.2, 0.25) is 0 Å². The quantitative estimate of drug-likeness (QED) is 0.912. The van der Waals surface area contributed by atoms with Crippen LogP contribution in [0.2, 0.25) is 0 Å². The number of hydrogen-bond donors (Lipinski definition) is 1. The summed E-state index contributed by atoms with van der Waals surface area (Å²) in [7, 11) is 0. The average molecular weight is 272 g/mol. The lowest BCUT2D eigenvalue weighted by atomic mass is 9.82. The summed E-state index contributed by atoms with van der Waals surface area (Å²) in [5.41, 5.74) is 2.57. The Balaban J connectivity index is 1.48. The van der Waals surface area contributed by atoms with E-state index in [0.29, 0.717) is 0 Å². The molecule has 2 bridgehead atoms. The van der Waals surface area contributed by atoms with Crippen LogP contribution in [-0.4, -0.2) is 17.8 Å². The lowest BCUT2D eigenvalue weighted by molar-refractivity contribution is -0.0579. The number of benzene rings is 1. The lowest BCUT2D eigenvalue weighted by Gasteiger charge is -2.32. The van der Waals surface area contributed by atoms with Crippen LogP contribution >= 0.6 is 0 Å². The Morgan fingerprint density at radius 3 is 2.90 bits per heavy atom. The zero-order valence-electron chi connectivity index (χ0n) is 12.0. The molecule has 0 aromatic heterocycles. The summed E-state index contributed by atoms with van der Waals surface area (Å²) in [4.78, 5) is 0. The molecule has 0 saturated heterocycles. The van der Waals surface area contributed by atoms with E-state index in [1.54, 1.807) is 0 Å². The normalized spacial score (nSPS) is 36.9. The molecular weight excluding hydrogens is 248 g/mol. The first kappa shape index (κ1) is 12.8. The summed E-state index contributed by atoms with van der Waals surface area (Å²) in [6, 6.07) is 8.45. The highest BCUT2D eigenvalue weighted by atomic mass is 16.5. The Labute approximate surface area is 121 Å². The molecule has 1 aromatic carbocycles. The van der Waals surface area contributed by atoms with Crippen molar-refractivity contribution in [1.82, 2.24) is 0 Å². The van der Waals surface area contributed by atoms with E-state index in [-0.39, 0.29) is 12.2 Å². The van der Waals surface area contributed by atoms with Crippen LogP contribution in [0.5, 0.6) is 0 Å². The Hall–Kier alpha value is -0.860. The number of ether oxygens (including phenoxy) is 1. The third kappa shape index (κ3) is 2.19. The van der Waals surface area contributed by atoms with Gasteiger partial charge in [-0.1, -0.05) is 30.7 Å². The van der Waals surface area contributed by atoms with E-state index in [2.05, 4.69) is 24.3 Å². The predicted molar refractivity (Wildman–Crippen MR) is 78.4 cm³/mol. The monoisotopic (exact) mass is 272 g/mol. The molecule has 1 aliphatic heterocycles. The highest BCUT2D eigenvalue weighted by Gasteiger charge is 2.41. The smallest absolute Gasteiger partial charge is 0.109 e. The molecule has 108 valence electrons. The first-order chi connectivity index (χ1) is 9.81. The molecule has 1 aromatic rings. The van der Waals surface area contributed by atoms with Crippen molar-refractivity contribution in [2.75, 3.05) is 6.61 Å². The van der Waals surface area contributed by atoms with Crippen LogP contribution in [0, 0.1) is 17.8 Å². The molecule has 2 nitrogen and oxygen atoms in total. The molecule has 0 spiro atoms. The largest absolute Gasteiger partial charge is 0.390 e. The number of hydrogen-bond acceptors (Lipinski definition) is 2.